The molecule has 32 heavy (non-hydrogen) atoms. The lowest BCUT2D eigenvalue weighted by molar-refractivity contribution is 0.0734. The van der Waals surface area contributed by atoms with Crippen molar-refractivity contribution in [3.8, 4) is 11.3 Å². The zero-order chi connectivity index (χ0) is 21.9. The fourth-order valence-electron chi connectivity index (χ4n) is 3.85. The Labute approximate surface area is 191 Å². The van der Waals surface area contributed by atoms with Gasteiger partial charge in [0.15, 0.2) is 4.96 Å². The SMILES string of the molecule is Cc1c(C(=O)N(Cc2ccccc2)Cc2ccccc2)sc2nc(-c3ccccc3)cn12. The maximum absolute atomic E-state index is 13.7. The zero-order valence-electron chi connectivity index (χ0n) is 17.8. The van der Waals surface area contributed by atoms with E-state index in [2.05, 4.69) is 36.4 Å². The summed E-state index contributed by atoms with van der Waals surface area (Å²) in [6, 6.07) is 30.4. The summed E-state index contributed by atoms with van der Waals surface area (Å²) in [4.78, 5) is 22.0. The first kappa shape index (κ1) is 20.2. The molecule has 3 aromatic carbocycles. The summed E-state index contributed by atoms with van der Waals surface area (Å²) in [5.41, 5.74) is 5.15. The minimum Gasteiger partial charge on any atom is -0.329 e. The molecule has 0 bridgehead atoms. The first-order valence-electron chi connectivity index (χ1n) is 10.6. The molecular weight excluding hydrogens is 414 g/mol. The van der Waals surface area contributed by atoms with Crippen LogP contribution in [0.25, 0.3) is 16.2 Å². The van der Waals surface area contributed by atoms with Gasteiger partial charge in [-0.1, -0.05) is 102 Å². The van der Waals surface area contributed by atoms with Gasteiger partial charge in [-0.2, -0.15) is 0 Å². The molecule has 4 nitrogen and oxygen atoms in total. The molecule has 1 amide bonds. The van der Waals surface area contributed by atoms with Gasteiger partial charge in [-0.25, -0.2) is 4.98 Å². The summed E-state index contributed by atoms with van der Waals surface area (Å²) in [6.07, 6.45) is 2.02. The van der Waals surface area contributed by atoms with E-state index in [1.165, 1.54) is 11.3 Å². The van der Waals surface area contributed by atoms with Crippen molar-refractivity contribution >= 4 is 22.2 Å². The van der Waals surface area contributed by atoms with Crippen molar-refractivity contribution in [3.05, 3.63) is 119 Å². The third-order valence-corrected chi connectivity index (χ3v) is 6.69. The Bertz CT molecular complexity index is 1300. The van der Waals surface area contributed by atoms with Crippen LogP contribution in [0.4, 0.5) is 0 Å². The Hall–Kier alpha value is -3.70. The summed E-state index contributed by atoms with van der Waals surface area (Å²) in [7, 11) is 0. The van der Waals surface area contributed by atoms with E-state index < -0.39 is 0 Å². The van der Waals surface area contributed by atoms with Crippen molar-refractivity contribution in [1.82, 2.24) is 14.3 Å². The van der Waals surface area contributed by atoms with Gasteiger partial charge in [-0.15, -0.1) is 0 Å². The predicted octanol–water partition coefficient (Wildman–Crippen LogP) is 6.21. The van der Waals surface area contributed by atoms with E-state index in [9.17, 15) is 4.79 Å². The molecule has 2 heterocycles. The molecule has 0 aliphatic carbocycles. The van der Waals surface area contributed by atoms with Crippen LogP contribution in [0.3, 0.4) is 0 Å². The molecule has 0 fully saturated rings. The highest BCUT2D eigenvalue weighted by Crippen LogP contribution is 2.29. The Morgan fingerprint density at radius 3 is 1.91 bits per heavy atom. The van der Waals surface area contributed by atoms with Gasteiger partial charge in [0.2, 0.25) is 0 Å². The second kappa shape index (κ2) is 8.81. The number of fused-ring (bicyclic) bond motifs is 1. The van der Waals surface area contributed by atoms with Gasteiger partial charge in [0.1, 0.15) is 4.88 Å². The standard InChI is InChI=1S/C27H23N3OS/c1-20-25(32-27-28-24(19-30(20)27)23-15-9-4-10-16-23)26(31)29(17-21-11-5-2-6-12-21)18-22-13-7-3-8-14-22/h2-16,19H,17-18H2,1H3. The number of carbonyl (C=O) groups excluding carboxylic acids is 1. The monoisotopic (exact) mass is 437 g/mol. The lowest BCUT2D eigenvalue weighted by Gasteiger charge is -2.23. The second-order valence-corrected chi connectivity index (χ2v) is 8.77. The maximum Gasteiger partial charge on any atom is 0.266 e. The molecule has 0 saturated carbocycles. The smallest absolute Gasteiger partial charge is 0.266 e. The average molecular weight is 438 g/mol. The van der Waals surface area contributed by atoms with Gasteiger partial charge in [-0.3, -0.25) is 9.20 Å². The Morgan fingerprint density at radius 2 is 1.38 bits per heavy atom. The van der Waals surface area contributed by atoms with Gasteiger partial charge >= 0.3 is 0 Å². The predicted molar refractivity (Wildman–Crippen MR) is 130 cm³/mol. The Morgan fingerprint density at radius 1 is 0.844 bits per heavy atom. The van der Waals surface area contributed by atoms with Crippen LogP contribution in [0.5, 0.6) is 0 Å². The molecule has 0 N–H and O–H groups in total. The van der Waals surface area contributed by atoms with Crippen LogP contribution in [0, 0.1) is 6.92 Å². The molecule has 0 unspecified atom stereocenters. The molecule has 2 aromatic heterocycles. The highest BCUT2D eigenvalue weighted by atomic mass is 32.1. The van der Waals surface area contributed by atoms with Gasteiger partial charge < -0.3 is 4.90 Å². The third-order valence-electron chi connectivity index (χ3n) is 5.54. The molecule has 0 saturated heterocycles. The van der Waals surface area contributed by atoms with Crippen molar-refractivity contribution in [2.24, 2.45) is 0 Å². The van der Waals surface area contributed by atoms with Gasteiger partial charge in [0.05, 0.1) is 5.69 Å². The molecule has 5 heteroatoms. The van der Waals surface area contributed by atoms with Gasteiger partial charge in [0, 0.05) is 30.5 Å². The van der Waals surface area contributed by atoms with E-state index in [1.807, 2.05) is 77.0 Å². The lowest BCUT2D eigenvalue weighted by Crippen LogP contribution is -2.30. The van der Waals surface area contributed by atoms with Gasteiger partial charge in [0.25, 0.3) is 5.91 Å². The fraction of sp³-hybridized carbons (Fsp3) is 0.111. The number of hydrogen-bond donors (Lipinski definition) is 0. The first-order valence-corrected chi connectivity index (χ1v) is 11.4. The van der Waals surface area contributed by atoms with E-state index >= 15 is 0 Å². The number of thiazole rings is 1. The van der Waals surface area contributed by atoms with E-state index in [-0.39, 0.29) is 5.91 Å². The number of aromatic nitrogens is 2. The zero-order valence-corrected chi connectivity index (χ0v) is 18.6. The van der Waals surface area contributed by atoms with Crippen LogP contribution in [-0.2, 0) is 13.1 Å². The quantitative estimate of drug-likeness (QED) is 0.316. The van der Waals surface area contributed by atoms with Crippen molar-refractivity contribution in [2.75, 3.05) is 0 Å². The molecule has 5 aromatic rings. The molecule has 158 valence electrons. The molecule has 0 atom stereocenters. The number of amides is 1. The fourth-order valence-corrected chi connectivity index (χ4v) is 4.92. The molecule has 0 aliphatic heterocycles. The lowest BCUT2D eigenvalue weighted by atomic mass is 10.1. The largest absolute Gasteiger partial charge is 0.329 e. The number of hydrogen-bond acceptors (Lipinski definition) is 3. The van der Waals surface area contributed by atoms with Crippen LogP contribution in [-0.4, -0.2) is 20.2 Å². The van der Waals surface area contributed by atoms with E-state index in [1.54, 1.807) is 0 Å². The third kappa shape index (κ3) is 4.07. The van der Waals surface area contributed by atoms with Crippen LogP contribution in [0.2, 0.25) is 0 Å². The summed E-state index contributed by atoms with van der Waals surface area (Å²) in [5.74, 6) is 0.0342. The van der Waals surface area contributed by atoms with Crippen molar-refractivity contribution < 1.29 is 4.79 Å². The number of rotatable bonds is 6. The number of benzene rings is 3. The topological polar surface area (TPSA) is 37.6 Å². The summed E-state index contributed by atoms with van der Waals surface area (Å²) >= 11 is 1.46. The van der Waals surface area contributed by atoms with E-state index in [0.717, 1.165) is 37.9 Å². The molecule has 0 aliphatic rings. The van der Waals surface area contributed by atoms with E-state index in [0.29, 0.717) is 13.1 Å². The summed E-state index contributed by atoms with van der Waals surface area (Å²) in [6.45, 7) is 3.11. The van der Waals surface area contributed by atoms with Crippen LogP contribution in [0.15, 0.2) is 97.2 Å². The first-order chi connectivity index (χ1) is 15.7. The van der Waals surface area contributed by atoms with E-state index in [4.69, 9.17) is 4.98 Å². The van der Waals surface area contributed by atoms with Crippen molar-refractivity contribution in [3.63, 3.8) is 0 Å². The summed E-state index contributed by atoms with van der Waals surface area (Å²) < 4.78 is 2.03. The molecule has 5 rings (SSSR count). The second-order valence-electron chi connectivity index (χ2n) is 7.79. The van der Waals surface area contributed by atoms with Crippen LogP contribution < -0.4 is 0 Å². The normalized spacial score (nSPS) is 11.0. The van der Waals surface area contributed by atoms with Crippen molar-refractivity contribution in [2.45, 2.75) is 20.0 Å². The van der Waals surface area contributed by atoms with Crippen LogP contribution in [0.1, 0.15) is 26.5 Å². The minimum atomic E-state index is 0.0342. The average Bonchev–Trinajstić information content (AvgIpc) is 3.39. The number of imidazole rings is 1. The molecular formula is C27H23N3OS. The van der Waals surface area contributed by atoms with Crippen molar-refractivity contribution in [1.29, 1.82) is 0 Å². The number of aryl methyl sites for hydroxylation is 1. The minimum absolute atomic E-state index is 0.0342. The number of carbonyl (C=O) groups is 1. The highest BCUT2D eigenvalue weighted by Gasteiger charge is 2.23. The molecule has 0 spiro atoms. The summed E-state index contributed by atoms with van der Waals surface area (Å²) in [5, 5.41) is 0. The highest BCUT2D eigenvalue weighted by molar-refractivity contribution is 7.19. The Balaban J connectivity index is 1.48. The maximum atomic E-state index is 13.7. The Kier molecular flexibility index (Phi) is 5.57. The van der Waals surface area contributed by atoms with Crippen LogP contribution >= 0.6 is 11.3 Å². The van der Waals surface area contributed by atoms with Gasteiger partial charge in [-0.05, 0) is 18.1 Å². The number of nitrogens with zero attached hydrogens (tertiary/aromatic N) is 3. The molecule has 0 radical (unpaired) electrons.